The van der Waals surface area contributed by atoms with Gasteiger partial charge in [-0.25, -0.2) is 0 Å². The van der Waals surface area contributed by atoms with Gasteiger partial charge >= 0.3 is 0 Å². The largest absolute Gasteiger partial charge is 0.396 e. The first kappa shape index (κ1) is 22.2. The first-order valence-corrected chi connectivity index (χ1v) is 8.52. The zero-order chi connectivity index (χ0) is 17.9. The monoisotopic (exact) mass is 330 g/mol. The maximum absolute atomic E-state index is 12.3. The third-order valence-corrected chi connectivity index (χ3v) is 4.35. The van der Waals surface area contributed by atoms with E-state index in [0.717, 1.165) is 12.8 Å². The van der Waals surface area contributed by atoms with Gasteiger partial charge in [0.15, 0.2) is 5.79 Å². The fourth-order valence-electron chi connectivity index (χ4n) is 2.67. The molecule has 5 nitrogen and oxygen atoms in total. The molecule has 3 N–H and O–H groups in total. The van der Waals surface area contributed by atoms with Crippen LogP contribution in [0.4, 0.5) is 0 Å². The molecular formula is C18H34O5. The van der Waals surface area contributed by atoms with Crippen molar-refractivity contribution in [1.82, 2.24) is 0 Å². The van der Waals surface area contributed by atoms with Gasteiger partial charge < -0.3 is 20.1 Å². The topological polar surface area (TPSA) is 87.0 Å². The standard InChI is InChI=1S/C18H34O5/c1-5-7-8-9-14(3)10-15(13-19)17(21)11-16(20)12-18(22,6-2)23-4/h5,7,14-16,19-20,22H,6,8-13H2,1-4H3/b7-5-. The Morgan fingerprint density at radius 1 is 1.39 bits per heavy atom. The van der Waals surface area contributed by atoms with E-state index in [1.807, 2.05) is 13.0 Å². The molecule has 0 aromatic carbocycles. The van der Waals surface area contributed by atoms with E-state index in [4.69, 9.17) is 4.74 Å². The van der Waals surface area contributed by atoms with Crippen molar-refractivity contribution >= 4 is 5.78 Å². The summed E-state index contributed by atoms with van der Waals surface area (Å²) in [6.45, 7) is 5.59. The Labute approximate surface area is 140 Å². The summed E-state index contributed by atoms with van der Waals surface area (Å²) in [6, 6.07) is 0. The molecule has 0 aromatic heterocycles. The maximum atomic E-state index is 12.3. The molecule has 0 radical (unpaired) electrons. The highest BCUT2D eigenvalue weighted by Gasteiger charge is 2.30. The molecule has 4 atom stereocenters. The summed E-state index contributed by atoms with van der Waals surface area (Å²) < 4.78 is 4.97. The van der Waals surface area contributed by atoms with Gasteiger partial charge in [0, 0.05) is 25.9 Å². The Morgan fingerprint density at radius 3 is 2.52 bits per heavy atom. The average molecular weight is 330 g/mol. The van der Waals surface area contributed by atoms with E-state index in [-0.39, 0.29) is 25.2 Å². The smallest absolute Gasteiger partial charge is 0.167 e. The molecule has 0 fully saturated rings. The van der Waals surface area contributed by atoms with Crippen molar-refractivity contribution in [2.45, 2.75) is 71.2 Å². The lowest BCUT2D eigenvalue weighted by atomic mass is 9.87. The molecule has 0 saturated carbocycles. The number of carbonyl (C=O) groups excluding carboxylic acids is 1. The molecule has 0 amide bonds. The van der Waals surface area contributed by atoms with Gasteiger partial charge in [-0.2, -0.15) is 0 Å². The van der Waals surface area contributed by atoms with Crippen LogP contribution in [0.1, 0.15) is 59.3 Å². The highest BCUT2D eigenvalue weighted by molar-refractivity contribution is 5.81. The number of Topliss-reactive ketones (excluding diaryl/α,β-unsaturated/α-hetero) is 1. The predicted octanol–water partition coefficient (Wildman–Crippen LogP) is 2.43. The van der Waals surface area contributed by atoms with Gasteiger partial charge in [-0.3, -0.25) is 4.79 Å². The van der Waals surface area contributed by atoms with Gasteiger partial charge in [0.25, 0.3) is 0 Å². The van der Waals surface area contributed by atoms with Crippen LogP contribution < -0.4 is 0 Å². The Bertz CT molecular complexity index is 349. The summed E-state index contributed by atoms with van der Waals surface area (Å²) in [5.74, 6) is -1.69. The predicted molar refractivity (Wildman–Crippen MR) is 90.9 cm³/mol. The van der Waals surface area contributed by atoms with Crippen LogP contribution in [0, 0.1) is 11.8 Å². The maximum Gasteiger partial charge on any atom is 0.167 e. The van der Waals surface area contributed by atoms with Crippen LogP contribution in [0.15, 0.2) is 12.2 Å². The molecule has 0 saturated heterocycles. The van der Waals surface area contributed by atoms with Gasteiger partial charge in [0.05, 0.1) is 12.7 Å². The molecule has 0 bridgehead atoms. The lowest BCUT2D eigenvalue weighted by Crippen LogP contribution is -2.36. The number of rotatable bonds is 13. The molecule has 0 rings (SSSR count). The highest BCUT2D eigenvalue weighted by Crippen LogP contribution is 2.23. The van der Waals surface area contributed by atoms with Crippen molar-refractivity contribution in [2.24, 2.45) is 11.8 Å². The van der Waals surface area contributed by atoms with Crippen LogP contribution in [-0.2, 0) is 9.53 Å². The minimum absolute atomic E-state index is 0.0132. The van der Waals surface area contributed by atoms with Gasteiger partial charge in [0.1, 0.15) is 5.78 Å². The molecule has 136 valence electrons. The number of aliphatic hydroxyl groups excluding tert-OH is 2. The zero-order valence-electron chi connectivity index (χ0n) is 15.0. The molecule has 0 spiro atoms. The number of allylic oxidation sites excluding steroid dienone is 2. The molecule has 0 aliphatic carbocycles. The van der Waals surface area contributed by atoms with Crippen LogP contribution in [0.3, 0.4) is 0 Å². The van der Waals surface area contributed by atoms with E-state index >= 15 is 0 Å². The Morgan fingerprint density at radius 2 is 2.04 bits per heavy atom. The van der Waals surface area contributed by atoms with E-state index in [1.54, 1.807) is 6.92 Å². The zero-order valence-corrected chi connectivity index (χ0v) is 15.0. The Kier molecular flexibility index (Phi) is 11.4. The van der Waals surface area contributed by atoms with E-state index in [9.17, 15) is 20.1 Å². The van der Waals surface area contributed by atoms with Crippen molar-refractivity contribution in [3.63, 3.8) is 0 Å². The summed E-state index contributed by atoms with van der Waals surface area (Å²) in [7, 11) is 1.38. The summed E-state index contributed by atoms with van der Waals surface area (Å²) in [5.41, 5.74) is 0. The number of hydrogen-bond acceptors (Lipinski definition) is 5. The van der Waals surface area contributed by atoms with E-state index in [0.29, 0.717) is 18.8 Å². The van der Waals surface area contributed by atoms with Crippen LogP contribution in [0.5, 0.6) is 0 Å². The molecule has 0 aliphatic heterocycles. The molecule has 4 unspecified atom stereocenters. The minimum Gasteiger partial charge on any atom is -0.396 e. The van der Waals surface area contributed by atoms with Crippen molar-refractivity contribution in [3.05, 3.63) is 12.2 Å². The second kappa shape index (κ2) is 11.7. The van der Waals surface area contributed by atoms with Crippen molar-refractivity contribution < 1.29 is 24.9 Å². The number of carbonyl (C=O) groups is 1. The van der Waals surface area contributed by atoms with Gasteiger partial charge in [-0.15, -0.1) is 0 Å². The molecule has 0 aromatic rings. The van der Waals surface area contributed by atoms with Crippen molar-refractivity contribution in [2.75, 3.05) is 13.7 Å². The quantitative estimate of drug-likeness (QED) is 0.357. The summed E-state index contributed by atoms with van der Waals surface area (Å²) in [6.07, 6.45) is 5.91. The molecule has 0 heterocycles. The number of hydrogen-bond donors (Lipinski definition) is 3. The minimum atomic E-state index is -1.41. The summed E-state index contributed by atoms with van der Waals surface area (Å²) in [4.78, 5) is 12.3. The van der Waals surface area contributed by atoms with Crippen LogP contribution in [-0.4, -0.2) is 46.7 Å². The summed E-state index contributed by atoms with van der Waals surface area (Å²) >= 11 is 0. The van der Waals surface area contributed by atoms with Crippen LogP contribution in [0.25, 0.3) is 0 Å². The Hall–Kier alpha value is -0.750. The van der Waals surface area contributed by atoms with Gasteiger partial charge in [-0.1, -0.05) is 26.0 Å². The molecular weight excluding hydrogens is 296 g/mol. The van der Waals surface area contributed by atoms with Gasteiger partial charge in [0.2, 0.25) is 0 Å². The highest BCUT2D eigenvalue weighted by atomic mass is 16.6. The molecule has 5 heteroatoms. The molecule has 23 heavy (non-hydrogen) atoms. The number of ketones is 1. The first-order valence-electron chi connectivity index (χ1n) is 8.52. The lowest BCUT2D eigenvalue weighted by Gasteiger charge is -2.28. The number of methoxy groups -OCH3 is 1. The first-order chi connectivity index (χ1) is 10.8. The van der Waals surface area contributed by atoms with E-state index < -0.39 is 17.8 Å². The van der Waals surface area contributed by atoms with Crippen molar-refractivity contribution in [1.29, 1.82) is 0 Å². The second-order valence-corrected chi connectivity index (χ2v) is 6.40. The third-order valence-electron chi connectivity index (χ3n) is 4.35. The lowest BCUT2D eigenvalue weighted by molar-refractivity contribution is -0.204. The normalized spacial score (nSPS) is 18.6. The fraction of sp³-hybridized carbons (Fsp3) is 0.833. The van der Waals surface area contributed by atoms with Crippen LogP contribution in [0.2, 0.25) is 0 Å². The number of ether oxygens (including phenoxy) is 1. The third kappa shape index (κ3) is 9.20. The van der Waals surface area contributed by atoms with Crippen LogP contribution >= 0.6 is 0 Å². The average Bonchev–Trinajstić information content (AvgIpc) is 2.52. The molecule has 0 aliphatic rings. The van der Waals surface area contributed by atoms with Gasteiger partial charge in [-0.05, 0) is 38.5 Å². The second-order valence-electron chi connectivity index (χ2n) is 6.40. The number of aliphatic hydroxyl groups is 3. The fourth-order valence-corrected chi connectivity index (χ4v) is 2.67. The SMILES string of the molecule is C/C=C\CCC(C)CC(CO)C(=O)CC(O)CC(O)(CC)OC. The van der Waals surface area contributed by atoms with E-state index in [1.165, 1.54) is 7.11 Å². The van der Waals surface area contributed by atoms with Crippen molar-refractivity contribution in [3.8, 4) is 0 Å². The Balaban J connectivity index is 4.42. The summed E-state index contributed by atoms with van der Waals surface area (Å²) in [5, 5.41) is 29.5. The van der Waals surface area contributed by atoms with E-state index in [2.05, 4.69) is 13.0 Å².